The topological polar surface area (TPSA) is 66.8 Å². The Kier molecular flexibility index (Phi) is 4.90. The van der Waals surface area contributed by atoms with Crippen molar-refractivity contribution in [1.82, 2.24) is 4.90 Å². The third-order valence-electron chi connectivity index (χ3n) is 3.17. The van der Waals surface area contributed by atoms with Crippen LogP contribution in [0.1, 0.15) is 11.1 Å². The first-order valence-corrected chi connectivity index (χ1v) is 6.51. The Balaban J connectivity index is 2.08. The summed E-state index contributed by atoms with van der Waals surface area (Å²) < 4.78 is 5.22. The summed E-state index contributed by atoms with van der Waals surface area (Å²) in [6.07, 6.45) is 2.88. The standard InChI is InChI=1S/C15H17NO4/c17-14(16-7-9-20-10-8-16)11-13-4-2-1-3-12(13)5-6-15(18)19/h1-6H,7-11H2,(H,18,19). The number of ether oxygens (including phenoxy) is 1. The lowest BCUT2D eigenvalue weighted by Crippen LogP contribution is -2.41. The van der Waals surface area contributed by atoms with Crippen LogP contribution in [0.15, 0.2) is 30.3 Å². The Bertz CT molecular complexity index is 518. The second-order valence-corrected chi connectivity index (χ2v) is 4.54. The molecular formula is C15H17NO4. The highest BCUT2D eigenvalue weighted by molar-refractivity contribution is 5.86. The van der Waals surface area contributed by atoms with Gasteiger partial charge >= 0.3 is 5.97 Å². The number of carbonyl (C=O) groups is 2. The molecule has 1 saturated heterocycles. The maximum absolute atomic E-state index is 12.2. The summed E-state index contributed by atoms with van der Waals surface area (Å²) in [5.41, 5.74) is 1.60. The summed E-state index contributed by atoms with van der Waals surface area (Å²) in [5.74, 6) is -0.955. The summed E-state index contributed by atoms with van der Waals surface area (Å²) in [4.78, 5) is 24.5. The van der Waals surface area contributed by atoms with Crippen LogP contribution in [0.3, 0.4) is 0 Å². The molecule has 1 aliphatic rings. The second-order valence-electron chi connectivity index (χ2n) is 4.54. The highest BCUT2D eigenvalue weighted by atomic mass is 16.5. The van der Waals surface area contributed by atoms with E-state index in [4.69, 9.17) is 9.84 Å². The molecule has 2 rings (SSSR count). The smallest absolute Gasteiger partial charge is 0.328 e. The van der Waals surface area contributed by atoms with E-state index in [1.165, 1.54) is 6.08 Å². The van der Waals surface area contributed by atoms with E-state index in [9.17, 15) is 9.59 Å². The summed E-state index contributed by atoms with van der Waals surface area (Å²) in [5, 5.41) is 8.68. The SMILES string of the molecule is O=C(O)C=Cc1ccccc1CC(=O)N1CCOCC1. The van der Waals surface area contributed by atoms with Crippen molar-refractivity contribution in [3.63, 3.8) is 0 Å². The van der Waals surface area contributed by atoms with Gasteiger partial charge in [-0.05, 0) is 17.2 Å². The number of nitrogens with zero attached hydrogens (tertiary/aromatic N) is 1. The molecule has 0 spiro atoms. The Morgan fingerprint density at radius 1 is 1.25 bits per heavy atom. The van der Waals surface area contributed by atoms with Crippen molar-refractivity contribution in [2.24, 2.45) is 0 Å². The van der Waals surface area contributed by atoms with Crippen molar-refractivity contribution < 1.29 is 19.4 Å². The number of rotatable bonds is 4. The molecule has 0 atom stereocenters. The second kappa shape index (κ2) is 6.86. The molecule has 1 heterocycles. The van der Waals surface area contributed by atoms with E-state index in [2.05, 4.69) is 0 Å². The van der Waals surface area contributed by atoms with Gasteiger partial charge in [0, 0.05) is 19.2 Å². The van der Waals surface area contributed by atoms with E-state index >= 15 is 0 Å². The van der Waals surface area contributed by atoms with Gasteiger partial charge in [-0.2, -0.15) is 0 Å². The monoisotopic (exact) mass is 275 g/mol. The quantitative estimate of drug-likeness (QED) is 0.838. The first kappa shape index (κ1) is 14.3. The molecule has 0 saturated carbocycles. The highest BCUT2D eigenvalue weighted by Gasteiger charge is 2.17. The maximum atomic E-state index is 12.2. The summed E-state index contributed by atoms with van der Waals surface area (Å²) in [7, 11) is 0. The van der Waals surface area contributed by atoms with Crippen LogP contribution in [0.25, 0.3) is 6.08 Å². The third-order valence-corrected chi connectivity index (χ3v) is 3.17. The van der Waals surface area contributed by atoms with E-state index in [-0.39, 0.29) is 12.3 Å². The lowest BCUT2D eigenvalue weighted by Gasteiger charge is -2.27. The Morgan fingerprint density at radius 2 is 1.95 bits per heavy atom. The fourth-order valence-electron chi connectivity index (χ4n) is 2.11. The zero-order chi connectivity index (χ0) is 14.4. The van der Waals surface area contributed by atoms with Crippen LogP contribution in [0.4, 0.5) is 0 Å². The number of aliphatic carboxylic acids is 1. The van der Waals surface area contributed by atoms with Gasteiger partial charge in [0.1, 0.15) is 0 Å². The molecule has 0 radical (unpaired) electrons. The van der Waals surface area contributed by atoms with Gasteiger partial charge in [-0.25, -0.2) is 4.79 Å². The molecule has 20 heavy (non-hydrogen) atoms. The van der Waals surface area contributed by atoms with Gasteiger partial charge in [0.25, 0.3) is 0 Å². The zero-order valence-corrected chi connectivity index (χ0v) is 11.1. The van der Waals surface area contributed by atoms with Crippen molar-refractivity contribution in [2.75, 3.05) is 26.3 Å². The summed E-state index contributed by atoms with van der Waals surface area (Å²) >= 11 is 0. The van der Waals surface area contributed by atoms with Gasteiger partial charge < -0.3 is 14.7 Å². The van der Waals surface area contributed by atoms with Gasteiger partial charge in [0.15, 0.2) is 0 Å². The molecule has 1 aliphatic heterocycles. The molecule has 1 aromatic rings. The Morgan fingerprint density at radius 3 is 2.65 bits per heavy atom. The summed E-state index contributed by atoms with van der Waals surface area (Å²) in [6, 6.07) is 7.32. The molecule has 1 N–H and O–H groups in total. The van der Waals surface area contributed by atoms with Crippen LogP contribution in [-0.4, -0.2) is 48.2 Å². The average molecular weight is 275 g/mol. The molecule has 1 amide bonds. The predicted octanol–water partition coefficient (Wildman–Crippen LogP) is 1.19. The average Bonchev–Trinajstić information content (AvgIpc) is 2.47. The Labute approximate surface area is 117 Å². The minimum atomic E-state index is -1.00. The molecule has 106 valence electrons. The molecular weight excluding hydrogens is 258 g/mol. The molecule has 0 aliphatic carbocycles. The minimum absolute atomic E-state index is 0.0458. The van der Waals surface area contributed by atoms with Crippen LogP contribution in [0.5, 0.6) is 0 Å². The van der Waals surface area contributed by atoms with Crippen LogP contribution < -0.4 is 0 Å². The van der Waals surface area contributed by atoms with Crippen LogP contribution >= 0.6 is 0 Å². The van der Waals surface area contributed by atoms with Crippen molar-refractivity contribution in [3.8, 4) is 0 Å². The van der Waals surface area contributed by atoms with Crippen molar-refractivity contribution in [1.29, 1.82) is 0 Å². The first-order chi connectivity index (χ1) is 9.66. The van der Waals surface area contributed by atoms with Gasteiger partial charge in [-0.1, -0.05) is 24.3 Å². The largest absolute Gasteiger partial charge is 0.478 e. The Hall–Kier alpha value is -2.14. The predicted molar refractivity (Wildman–Crippen MR) is 74.2 cm³/mol. The van der Waals surface area contributed by atoms with Gasteiger partial charge in [-0.3, -0.25) is 4.79 Å². The molecule has 0 aromatic heterocycles. The number of hydrogen-bond acceptors (Lipinski definition) is 3. The van der Waals surface area contributed by atoms with Gasteiger partial charge in [-0.15, -0.1) is 0 Å². The number of carbonyl (C=O) groups excluding carboxylic acids is 1. The maximum Gasteiger partial charge on any atom is 0.328 e. The normalized spacial score (nSPS) is 15.5. The number of morpholine rings is 1. The van der Waals surface area contributed by atoms with Crippen LogP contribution in [0.2, 0.25) is 0 Å². The fraction of sp³-hybridized carbons (Fsp3) is 0.333. The molecule has 0 bridgehead atoms. The first-order valence-electron chi connectivity index (χ1n) is 6.51. The van der Waals surface area contributed by atoms with E-state index in [0.717, 1.165) is 17.2 Å². The number of carboxylic acids is 1. The number of carboxylic acid groups (broad SMARTS) is 1. The molecule has 1 aromatic carbocycles. The lowest BCUT2D eigenvalue weighted by atomic mass is 10.0. The van der Waals surface area contributed by atoms with Crippen molar-refractivity contribution in [2.45, 2.75) is 6.42 Å². The van der Waals surface area contributed by atoms with Crippen LogP contribution in [0, 0.1) is 0 Å². The molecule has 0 unspecified atom stereocenters. The summed E-state index contributed by atoms with van der Waals surface area (Å²) in [6.45, 7) is 2.39. The highest BCUT2D eigenvalue weighted by Crippen LogP contribution is 2.13. The third kappa shape index (κ3) is 3.93. The molecule has 5 heteroatoms. The van der Waals surface area contributed by atoms with E-state index in [1.807, 2.05) is 18.2 Å². The van der Waals surface area contributed by atoms with Gasteiger partial charge in [0.2, 0.25) is 5.91 Å². The van der Waals surface area contributed by atoms with Crippen LogP contribution in [-0.2, 0) is 20.7 Å². The van der Waals surface area contributed by atoms with Crippen molar-refractivity contribution in [3.05, 3.63) is 41.5 Å². The lowest BCUT2D eigenvalue weighted by molar-refractivity contribution is -0.134. The van der Waals surface area contributed by atoms with Gasteiger partial charge in [0.05, 0.1) is 19.6 Å². The number of benzene rings is 1. The number of hydrogen-bond donors (Lipinski definition) is 1. The van der Waals surface area contributed by atoms with Crippen molar-refractivity contribution >= 4 is 18.0 Å². The zero-order valence-electron chi connectivity index (χ0n) is 11.1. The number of amides is 1. The molecule has 1 fully saturated rings. The van der Waals surface area contributed by atoms with E-state index in [0.29, 0.717) is 26.3 Å². The fourth-order valence-corrected chi connectivity index (χ4v) is 2.11. The molecule has 5 nitrogen and oxygen atoms in total. The van der Waals surface area contributed by atoms with E-state index in [1.54, 1.807) is 11.0 Å². The minimum Gasteiger partial charge on any atom is -0.478 e. The van der Waals surface area contributed by atoms with E-state index < -0.39 is 5.97 Å².